The van der Waals surface area contributed by atoms with Crippen LogP contribution in [0.4, 0.5) is 0 Å². The van der Waals surface area contributed by atoms with E-state index in [1.807, 2.05) is 6.92 Å². The summed E-state index contributed by atoms with van der Waals surface area (Å²) in [6.45, 7) is 9.23. The van der Waals surface area contributed by atoms with E-state index in [1.165, 1.54) is 25.7 Å². The van der Waals surface area contributed by atoms with Crippen molar-refractivity contribution in [1.29, 1.82) is 0 Å². The lowest BCUT2D eigenvalue weighted by molar-refractivity contribution is -0.146. The lowest BCUT2D eigenvalue weighted by Gasteiger charge is -2.08. The lowest BCUT2D eigenvalue weighted by atomic mass is 10.1. The molecular weight excluding hydrogens is 444 g/mol. The molecule has 0 saturated heterocycles. The molecule has 0 aromatic heterocycles. The van der Waals surface area contributed by atoms with Crippen LogP contribution in [0.3, 0.4) is 0 Å². The van der Waals surface area contributed by atoms with Gasteiger partial charge in [0.25, 0.3) is 0 Å². The first-order valence-corrected chi connectivity index (χ1v) is 12.9. The van der Waals surface area contributed by atoms with Gasteiger partial charge in [0, 0.05) is 12.8 Å². The molecule has 0 amide bonds. The maximum atomic E-state index is 11.6. The van der Waals surface area contributed by atoms with E-state index in [9.17, 15) is 9.59 Å². The summed E-state index contributed by atoms with van der Waals surface area (Å²) >= 11 is 0. The molecule has 0 rings (SSSR count). The Bertz CT molecular complexity index is 446. The standard InChI is InChI=1S/C25H48O9/c1-3-5-6-7-8-9-11-25(27)34-23-21-32-19-17-30-15-13-28-12-14-29-16-18-31-20-22-33-24(26)10-4-2/h3-23H2,1-2H3. The fourth-order valence-electron chi connectivity index (χ4n) is 2.81. The van der Waals surface area contributed by atoms with Crippen LogP contribution in [0.2, 0.25) is 0 Å². The van der Waals surface area contributed by atoms with Gasteiger partial charge in [0.05, 0.1) is 66.1 Å². The van der Waals surface area contributed by atoms with E-state index in [1.54, 1.807) is 0 Å². The second-order valence-electron chi connectivity index (χ2n) is 7.77. The number of rotatable bonds is 27. The van der Waals surface area contributed by atoms with E-state index >= 15 is 0 Å². The van der Waals surface area contributed by atoms with E-state index in [4.69, 9.17) is 33.2 Å². The predicted octanol–water partition coefficient (Wildman–Crippen LogP) is 3.71. The third-order valence-corrected chi connectivity index (χ3v) is 4.66. The van der Waals surface area contributed by atoms with Crippen molar-refractivity contribution in [3.8, 4) is 0 Å². The van der Waals surface area contributed by atoms with Crippen LogP contribution in [0.25, 0.3) is 0 Å². The van der Waals surface area contributed by atoms with Gasteiger partial charge < -0.3 is 33.2 Å². The summed E-state index contributed by atoms with van der Waals surface area (Å²) in [5, 5.41) is 0. The molecule has 34 heavy (non-hydrogen) atoms. The third-order valence-electron chi connectivity index (χ3n) is 4.66. The molecule has 0 aliphatic carbocycles. The SMILES string of the molecule is CCCCCCCCC(=O)OCCOCCOCCOCCOCCOCCOC(=O)CCC. The molecule has 0 unspecified atom stereocenters. The van der Waals surface area contributed by atoms with Crippen molar-refractivity contribution in [3.63, 3.8) is 0 Å². The summed E-state index contributed by atoms with van der Waals surface area (Å²) in [4.78, 5) is 22.7. The average Bonchev–Trinajstić information content (AvgIpc) is 2.83. The first-order chi connectivity index (χ1) is 16.7. The minimum Gasteiger partial charge on any atom is -0.463 e. The Morgan fingerprint density at radius 2 is 0.765 bits per heavy atom. The van der Waals surface area contributed by atoms with Crippen molar-refractivity contribution in [2.45, 2.75) is 71.6 Å². The van der Waals surface area contributed by atoms with Crippen LogP contribution in [0.1, 0.15) is 71.6 Å². The van der Waals surface area contributed by atoms with Crippen molar-refractivity contribution in [3.05, 3.63) is 0 Å². The van der Waals surface area contributed by atoms with E-state index in [2.05, 4.69) is 6.92 Å². The van der Waals surface area contributed by atoms with E-state index in [0.29, 0.717) is 78.9 Å². The molecule has 9 heteroatoms. The van der Waals surface area contributed by atoms with Crippen LogP contribution in [0.5, 0.6) is 0 Å². The Kier molecular flexibility index (Phi) is 26.9. The van der Waals surface area contributed by atoms with Crippen molar-refractivity contribution in [2.75, 3.05) is 79.3 Å². The fraction of sp³-hybridized carbons (Fsp3) is 0.920. The molecule has 0 N–H and O–H groups in total. The molecule has 0 aliphatic rings. The molecule has 0 spiro atoms. The smallest absolute Gasteiger partial charge is 0.305 e. The lowest BCUT2D eigenvalue weighted by Crippen LogP contribution is -2.15. The maximum Gasteiger partial charge on any atom is 0.305 e. The van der Waals surface area contributed by atoms with Crippen molar-refractivity contribution in [1.82, 2.24) is 0 Å². The zero-order chi connectivity index (χ0) is 25.0. The predicted molar refractivity (Wildman–Crippen MR) is 129 cm³/mol. The highest BCUT2D eigenvalue weighted by molar-refractivity contribution is 5.69. The average molecular weight is 493 g/mol. The molecule has 0 radical (unpaired) electrons. The summed E-state index contributed by atoms with van der Waals surface area (Å²) in [6, 6.07) is 0. The molecule has 9 nitrogen and oxygen atoms in total. The largest absolute Gasteiger partial charge is 0.463 e. The third kappa shape index (κ3) is 27.0. The molecule has 0 aliphatic heterocycles. The van der Waals surface area contributed by atoms with Crippen molar-refractivity contribution < 1.29 is 42.7 Å². The van der Waals surface area contributed by atoms with Gasteiger partial charge in [-0.15, -0.1) is 0 Å². The van der Waals surface area contributed by atoms with Gasteiger partial charge in [-0.2, -0.15) is 0 Å². The van der Waals surface area contributed by atoms with Gasteiger partial charge in [-0.25, -0.2) is 0 Å². The number of hydrogen-bond acceptors (Lipinski definition) is 9. The maximum absolute atomic E-state index is 11.6. The Balaban J connectivity index is 3.13. The summed E-state index contributed by atoms with van der Waals surface area (Å²) < 4.78 is 37.0. The summed E-state index contributed by atoms with van der Waals surface area (Å²) in [5.74, 6) is -0.332. The second kappa shape index (κ2) is 28.0. The van der Waals surface area contributed by atoms with E-state index < -0.39 is 0 Å². The minimum atomic E-state index is -0.187. The first kappa shape index (κ1) is 32.7. The zero-order valence-electron chi connectivity index (χ0n) is 21.5. The molecule has 0 aromatic carbocycles. The number of esters is 2. The zero-order valence-corrected chi connectivity index (χ0v) is 21.5. The number of unbranched alkanes of at least 4 members (excludes halogenated alkanes) is 5. The van der Waals surface area contributed by atoms with Gasteiger partial charge in [0.15, 0.2) is 0 Å². The van der Waals surface area contributed by atoms with Crippen LogP contribution in [0, 0.1) is 0 Å². The molecule has 0 bridgehead atoms. The monoisotopic (exact) mass is 492 g/mol. The fourth-order valence-corrected chi connectivity index (χ4v) is 2.81. The minimum absolute atomic E-state index is 0.144. The highest BCUT2D eigenvalue weighted by Crippen LogP contribution is 2.07. The first-order valence-electron chi connectivity index (χ1n) is 12.9. The van der Waals surface area contributed by atoms with E-state index in [0.717, 1.165) is 19.3 Å². The van der Waals surface area contributed by atoms with Gasteiger partial charge in [-0.05, 0) is 12.8 Å². The van der Waals surface area contributed by atoms with Crippen LogP contribution in [0.15, 0.2) is 0 Å². The van der Waals surface area contributed by atoms with Crippen LogP contribution < -0.4 is 0 Å². The Labute approximate surface area is 206 Å². The van der Waals surface area contributed by atoms with Gasteiger partial charge in [0.2, 0.25) is 0 Å². The molecule has 0 fully saturated rings. The summed E-state index contributed by atoms with van der Waals surface area (Å²) in [5.41, 5.74) is 0. The van der Waals surface area contributed by atoms with Gasteiger partial charge in [-0.3, -0.25) is 9.59 Å². The Morgan fingerprint density at radius 3 is 1.18 bits per heavy atom. The number of carbonyl (C=O) groups is 2. The molecule has 0 atom stereocenters. The highest BCUT2D eigenvalue weighted by Gasteiger charge is 2.02. The highest BCUT2D eigenvalue weighted by atomic mass is 16.6. The topological polar surface area (TPSA) is 98.8 Å². The summed E-state index contributed by atoms with van der Waals surface area (Å²) in [7, 11) is 0. The van der Waals surface area contributed by atoms with Gasteiger partial charge >= 0.3 is 11.9 Å². The van der Waals surface area contributed by atoms with Crippen LogP contribution in [-0.4, -0.2) is 91.2 Å². The van der Waals surface area contributed by atoms with Gasteiger partial charge in [0.1, 0.15) is 13.2 Å². The second-order valence-corrected chi connectivity index (χ2v) is 7.77. The number of hydrogen-bond donors (Lipinski definition) is 0. The Hall–Kier alpha value is -1.26. The molecule has 0 aromatic rings. The van der Waals surface area contributed by atoms with E-state index in [-0.39, 0.29) is 25.2 Å². The summed E-state index contributed by atoms with van der Waals surface area (Å²) in [6.07, 6.45) is 8.67. The van der Waals surface area contributed by atoms with Crippen LogP contribution in [-0.2, 0) is 42.7 Å². The number of carbonyl (C=O) groups excluding carboxylic acids is 2. The number of ether oxygens (including phenoxy) is 7. The quantitative estimate of drug-likeness (QED) is 0.125. The molecule has 202 valence electrons. The van der Waals surface area contributed by atoms with Crippen molar-refractivity contribution in [2.24, 2.45) is 0 Å². The van der Waals surface area contributed by atoms with Crippen molar-refractivity contribution >= 4 is 11.9 Å². The molecular formula is C25H48O9. The van der Waals surface area contributed by atoms with Gasteiger partial charge in [-0.1, -0.05) is 46.0 Å². The normalized spacial score (nSPS) is 11.0. The molecule has 0 saturated carbocycles. The Morgan fingerprint density at radius 1 is 0.412 bits per heavy atom. The van der Waals surface area contributed by atoms with Crippen LogP contribution >= 0.6 is 0 Å². The molecule has 0 heterocycles.